The molecule has 1 aromatic carbocycles. The van der Waals surface area contributed by atoms with E-state index in [9.17, 15) is 4.39 Å². The number of hydrogen-bond donors (Lipinski definition) is 1. The molecule has 1 aliphatic rings. The first-order chi connectivity index (χ1) is 6.56. The molecule has 0 radical (unpaired) electrons. The zero-order valence-electron chi connectivity index (χ0n) is 8.06. The lowest BCUT2D eigenvalue weighted by atomic mass is 9.89. The minimum absolute atomic E-state index is 0.0197. The van der Waals surface area contributed by atoms with Crippen molar-refractivity contribution in [3.05, 3.63) is 34.1 Å². The Morgan fingerprint density at radius 2 is 2.14 bits per heavy atom. The molecule has 1 saturated carbocycles. The number of hydrogen-bond acceptors (Lipinski definition) is 1. The van der Waals surface area contributed by atoms with Gasteiger partial charge in [0.15, 0.2) is 0 Å². The smallest absolute Gasteiger partial charge is 0.127 e. The summed E-state index contributed by atoms with van der Waals surface area (Å²) in [6.07, 6.45) is 2.00. The third-order valence-corrected chi connectivity index (χ3v) is 3.62. The molecule has 1 unspecified atom stereocenters. The van der Waals surface area contributed by atoms with E-state index in [0.29, 0.717) is 0 Å². The van der Waals surface area contributed by atoms with Gasteiger partial charge in [0.25, 0.3) is 0 Å². The van der Waals surface area contributed by atoms with Gasteiger partial charge in [-0.25, -0.2) is 4.39 Å². The van der Waals surface area contributed by atoms with Gasteiger partial charge in [-0.15, -0.1) is 0 Å². The highest BCUT2D eigenvalue weighted by Gasteiger charge is 2.48. The van der Waals surface area contributed by atoms with Crippen LogP contribution >= 0.6 is 15.9 Å². The van der Waals surface area contributed by atoms with Gasteiger partial charge in [-0.1, -0.05) is 15.9 Å². The van der Waals surface area contributed by atoms with Gasteiger partial charge in [0.2, 0.25) is 0 Å². The average molecular weight is 258 g/mol. The molecule has 2 rings (SSSR count). The molecule has 0 aromatic heterocycles. The van der Waals surface area contributed by atoms with Crippen LogP contribution in [0.3, 0.4) is 0 Å². The van der Waals surface area contributed by atoms with Crippen molar-refractivity contribution in [2.45, 2.75) is 31.2 Å². The number of halogens is 2. The zero-order chi connectivity index (χ0) is 10.3. The van der Waals surface area contributed by atoms with Crippen molar-refractivity contribution in [1.29, 1.82) is 0 Å². The lowest BCUT2D eigenvalue weighted by Crippen LogP contribution is -2.32. The van der Waals surface area contributed by atoms with Gasteiger partial charge in [-0.2, -0.15) is 0 Å². The summed E-state index contributed by atoms with van der Waals surface area (Å²) in [5.41, 5.74) is 6.56. The van der Waals surface area contributed by atoms with Gasteiger partial charge in [0, 0.05) is 15.9 Å². The summed E-state index contributed by atoms with van der Waals surface area (Å²) in [5.74, 6) is -0.136. The Hall–Kier alpha value is -0.410. The normalized spacial score (nSPS) is 20.6. The summed E-state index contributed by atoms with van der Waals surface area (Å²) in [6, 6.07) is 5.09. The van der Waals surface area contributed by atoms with Crippen LogP contribution in [0.5, 0.6) is 0 Å². The van der Waals surface area contributed by atoms with Crippen LogP contribution in [0, 0.1) is 5.82 Å². The largest absolute Gasteiger partial charge is 0.327 e. The fourth-order valence-electron chi connectivity index (χ4n) is 1.98. The van der Waals surface area contributed by atoms with E-state index in [4.69, 9.17) is 5.73 Å². The van der Waals surface area contributed by atoms with Crippen LogP contribution in [0.15, 0.2) is 22.7 Å². The van der Waals surface area contributed by atoms with Crippen LogP contribution in [0.4, 0.5) is 4.39 Å². The fraction of sp³-hybridized carbons (Fsp3) is 0.455. The van der Waals surface area contributed by atoms with Gasteiger partial charge in [0.1, 0.15) is 5.82 Å². The highest BCUT2D eigenvalue weighted by atomic mass is 79.9. The lowest BCUT2D eigenvalue weighted by molar-refractivity contribution is 0.511. The Balaban J connectivity index is 2.46. The van der Waals surface area contributed by atoms with Crippen LogP contribution in [0.2, 0.25) is 0 Å². The molecule has 1 aromatic rings. The Labute approximate surface area is 91.6 Å². The molecule has 1 atom stereocenters. The van der Waals surface area contributed by atoms with Gasteiger partial charge in [0.05, 0.1) is 0 Å². The van der Waals surface area contributed by atoms with Crippen LogP contribution in [0.25, 0.3) is 0 Å². The number of rotatable bonds is 2. The summed E-state index contributed by atoms with van der Waals surface area (Å²) in [5, 5.41) is 0. The first-order valence-corrected chi connectivity index (χ1v) is 5.57. The van der Waals surface area contributed by atoms with Crippen LogP contribution in [0.1, 0.15) is 25.3 Å². The molecule has 0 amide bonds. The topological polar surface area (TPSA) is 26.0 Å². The van der Waals surface area contributed by atoms with Crippen molar-refractivity contribution >= 4 is 15.9 Å². The fourth-order valence-corrected chi connectivity index (χ4v) is 2.34. The number of nitrogens with two attached hydrogens (primary N) is 1. The van der Waals surface area contributed by atoms with E-state index in [0.717, 1.165) is 22.9 Å². The third kappa shape index (κ3) is 1.48. The Kier molecular flexibility index (Phi) is 2.40. The SMILES string of the molecule is CC(N)C1(c2cc(Br)ccc2F)CC1. The van der Waals surface area contributed by atoms with Crippen molar-refractivity contribution in [3.8, 4) is 0 Å². The van der Waals surface area contributed by atoms with E-state index in [1.807, 2.05) is 13.0 Å². The van der Waals surface area contributed by atoms with Gasteiger partial charge in [-0.3, -0.25) is 0 Å². The number of benzene rings is 1. The van der Waals surface area contributed by atoms with Crippen LogP contribution < -0.4 is 5.73 Å². The lowest BCUT2D eigenvalue weighted by Gasteiger charge is -2.20. The molecule has 0 aliphatic heterocycles. The van der Waals surface area contributed by atoms with Crippen molar-refractivity contribution in [3.63, 3.8) is 0 Å². The van der Waals surface area contributed by atoms with E-state index in [1.165, 1.54) is 6.07 Å². The molecule has 1 fully saturated rings. The molecular weight excluding hydrogens is 245 g/mol. The van der Waals surface area contributed by atoms with Crippen molar-refractivity contribution < 1.29 is 4.39 Å². The van der Waals surface area contributed by atoms with E-state index < -0.39 is 0 Å². The summed E-state index contributed by atoms with van der Waals surface area (Å²) < 4.78 is 14.5. The van der Waals surface area contributed by atoms with Gasteiger partial charge >= 0.3 is 0 Å². The molecule has 0 bridgehead atoms. The second-order valence-electron chi connectivity index (χ2n) is 4.07. The molecule has 76 valence electrons. The van der Waals surface area contributed by atoms with Gasteiger partial charge in [-0.05, 0) is 43.5 Å². The maximum atomic E-state index is 13.6. The second kappa shape index (κ2) is 3.31. The highest BCUT2D eigenvalue weighted by molar-refractivity contribution is 9.10. The minimum Gasteiger partial charge on any atom is -0.327 e. The molecule has 1 nitrogen and oxygen atoms in total. The van der Waals surface area contributed by atoms with E-state index in [1.54, 1.807) is 6.07 Å². The molecule has 0 spiro atoms. The monoisotopic (exact) mass is 257 g/mol. The predicted octanol–water partition coefficient (Wildman–Crippen LogP) is 2.97. The molecule has 0 saturated heterocycles. The molecular formula is C11H13BrFN. The first-order valence-electron chi connectivity index (χ1n) is 4.77. The molecule has 0 heterocycles. The molecule has 1 aliphatic carbocycles. The Bertz CT molecular complexity index is 358. The van der Waals surface area contributed by atoms with Crippen molar-refractivity contribution in [1.82, 2.24) is 0 Å². The highest BCUT2D eigenvalue weighted by Crippen LogP contribution is 2.51. The Morgan fingerprint density at radius 3 is 2.64 bits per heavy atom. The summed E-state index contributed by atoms with van der Waals surface area (Å²) >= 11 is 3.36. The zero-order valence-corrected chi connectivity index (χ0v) is 9.64. The Morgan fingerprint density at radius 1 is 1.50 bits per heavy atom. The van der Waals surface area contributed by atoms with E-state index >= 15 is 0 Å². The third-order valence-electron chi connectivity index (χ3n) is 3.13. The van der Waals surface area contributed by atoms with Crippen molar-refractivity contribution in [2.24, 2.45) is 5.73 Å². The van der Waals surface area contributed by atoms with Crippen molar-refractivity contribution in [2.75, 3.05) is 0 Å². The molecule has 2 N–H and O–H groups in total. The summed E-state index contributed by atoms with van der Waals surface area (Å²) in [4.78, 5) is 0. The quantitative estimate of drug-likeness (QED) is 0.867. The standard InChI is InChI=1S/C11H13BrFN/c1-7(14)11(4-5-11)9-6-8(12)2-3-10(9)13/h2-3,6-7H,4-5,14H2,1H3. The van der Waals surface area contributed by atoms with E-state index in [2.05, 4.69) is 15.9 Å². The predicted molar refractivity (Wildman–Crippen MR) is 58.7 cm³/mol. The first kappa shape index (κ1) is 10.1. The van der Waals surface area contributed by atoms with E-state index in [-0.39, 0.29) is 17.3 Å². The maximum Gasteiger partial charge on any atom is 0.127 e. The molecule has 14 heavy (non-hydrogen) atoms. The van der Waals surface area contributed by atoms with Crippen LogP contribution in [-0.4, -0.2) is 6.04 Å². The second-order valence-corrected chi connectivity index (χ2v) is 4.98. The summed E-state index contributed by atoms with van der Waals surface area (Å²) in [7, 11) is 0. The maximum absolute atomic E-state index is 13.6. The average Bonchev–Trinajstić information content (AvgIpc) is 2.90. The van der Waals surface area contributed by atoms with Crippen LogP contribution in [-0.2, 0) is 5.41 Å². The summed E-state index contributed by atoms with van der Waals surface area (Å²) in [6.45, 7) is 1.95. The minimum atomic E-state index is -0.136. The van der Waals surface area contributed by atoms with Gasteiger partial charge < -0.3 is 5.73 Å². The molecule has 3 heteroatoms.